The lowest BCUT2D eigenvalue weighted by atomic mass is 10.1. The van der Waals surface area contributed by atoms with Crippen LogP contribution in [0.2, 0.25) is 0 Å². The van der Waals surface area contributed by atoms with Crippen LogP contribution in [0.15, 0.2) is 24.3 Å². The van der Waals surface area contributed by atoms with Gasteiger partial charge in [-0.15, -0.1) is 0 Å². The molecule has 2 rings (SSSR count). The highest BCUT2D eigenvalue weighted by molar-refractivity contribution is 7.99. The highest BCUT2D eigenvalue weighted by Gasteiger charge is 2.21. The van der Waals surface area contributed by atoms with Crippen LogP contribution >= 0.6 is 11.8 Å². The molecule has 1 fully saturated rings. The van der Waals surface area contributed by atoms with Crippen LogP contribution in [0, 0.1) is 12.8 Å². The van der Waals surface area contributed by atoms with Crippen LogP contribution in [0.3, 0.4) is 0 Å². The average Bonchev–Trinajstić information content (AvgIpc) is 2.55. The SMILES string of the molecule is Cc1cccc(CN2CCN(C(=O)CSCC(C)CO)CC2)c1. The minimum absolute atomic E-state index is 0.193. The summed E-state index contributed by atoms with van der Waals surface area (Å²) in [5, 5.41) is 9.00. The molecule has 1 aromatic carbocycles. The summed E-state index contributed by atoms with van der Waals surface area (Å²) in [7, 11) is 0. The van der Waals surface area contributed by atoms with Crippen molar-refractivity contribution in [3.05, 3.63) is 35.4 Å². The van der Waals surface area contributed by atoms with Crippen molar-refractivity contribution in [3.8, 4) is 0 Å². The number of aryl methyl sites for hydroxylation is 1. The topological polar surface area (TPSA) is 43.8 Å². The van der Waals surface area contributed by atoms with Gasteiger partial charge in [0.1, 0.15) is 0 Å². The summed E-state index contributed by atoms with van der Waals surface area (Å²) in [6.07, 6.45) is 0. The van der Waals surface area contributed by atoms with Gasteiger partial charge in [0.2, 0.25) is 5.91 Å². The van der Waals surface area contributed by atoms with Gasteiger partial charge in [0.15, 0.2) is 0 Å². The zero-order valence-electron chi connectivity index (χ0n) is 14.2. The Labute approximate surface area is 143 Å². The van der Waals surface area contributed by atoms with E-state index in [9.17, 15) is 4.79 Å². The first-order valence-electron chi connectivity index (χ1n) is 8.32. The molecule has 1 unspecified atom stereocenters. The third-order valence-corrected chi connectivity index (χ3v) is 5.41. The number of amides is 1. The Balaban J connectivity index is 1.70. The molecule has 128 valence electrons. The first kappa shape index (κ1) is 18.3. The highest BCUT2D eigenvalue weighted by atomic mass is 32.2. The normalized spacial score (nSPS) is 17.3. The van der Waals surface area contributed by atoms with Gasteiger partial charge < -0.3 is 10.0 Å². The molecule has 1 aliphatic heterocycles. The van der Waals surface area contributed by atoms with Crippen LogP contribution in [0.1, 0.15) is 18.1 Å². The van der Waals surface area contributed by atoms with Gasteiger partial charge in [-0.3, -0.25) is 9.69 Å². The van der Waals surface area contributed by atoms with E-state index in [4.69, 9.17) is 5.11 Å². The van der Waals surface area contributed by atoms with Crippen molar-refractivity contribution in [2.75, 3.05) is 44.3 Å². The largest absolute Gasteiger partial charge is 0.396 e. The van der Waals surface area contributed by atoms with E-state index in [2.05, 4.69) is 36.1 Å². The van der Waals surface area contributed by atoms with E-state index < -0.39 is 0 Å². The van der Waals surface area contributed by atoms with Gasteiger partial charge >= 0.3 is 0 Å². The summed E-state index contributed by atoms with van der Waals surface area (Å²) in [5.74, 6) is 1.87. The number of hydrogen-bond donors (Lipinski definition) is 1. The predicted molar refractivity (Wildman–Crippen MR) is 96.6 cm³/mol. The minimum Gasteiger partial charge on any atom is -0.396 e. The number of piperazine rings is 1. The molecule has 0 bridgehead atoms. The molecule has 1 saturated heterocycles. The Morgan fingerprint density at radius 1 is 1.30 bits per heavy atom. The Bertz CT molecular complexity index is 502. The van der Waals surface area contributed by atoms with Gasteiger partial charge in [-0.25, -0.2) is 0 Å². The maximum absolute atomic E-state index is 12.2. The molecule has 4 nitrogen and oxygen atoms in total. The van der Waals surface area contributed by atoms with E-state index in [-0.39, 0.29) is 18.4 Å². The van der Waals surface area contributed by atoms with Gasteiger partial charge in [0.05, 0.1) is 5.75 Å². The Kier molecular flexibility index (Phi) is 7.40. The molecule has 5 heteroatoms. The van der Waals surface area contributed by atoms with Crippen molar-refractivity contribution in [2.24, 2.45) is 5.92 Å². The fourth-order valence-electron chi connectivity index (χ4n) is 2.72. The van der Waals surface area contributed by atoms with E-state index in [0.717, 1.165) is 38.5 Å². The van der Waals surface area contributed by atoms with Gasteiger partial charge in [0.25, 0.3) is 0 Å². The van der Waals surface area contributed by atoms with Gasteiger partial charge in [-0.05, 0) is 24.2 Å². The standard InChI is InChI=1S/C18H28N2O2S/c1-15-4-3-5-17(10-15)11-19-6-8-20(9-7-19)18(22)14-23-13-16(2)12-21/h3-5,10,16,21H,6-9,11-14H2,1-2H3. The van der Waals surface area contributed by atoms with Gasteiger partial charge in [-0.2, -0.15) is 11.8 Å². The van der Waals surface area contributed by atoms with Crippen molar-refractivity contribution in [1.82, 2.24) is 9.80 Å². The minimum atomic E-state index is 0.193. The molecule has 1 atom stereocenters. The van der Waals surface area contributed by atoms with E-state index in [1.54, 1.807) is 11.8 Å². The Morgan fingerprint density at radius 3 is 2.70 bits per heavy atom. The summed E-state index contributed by atoms with van der Waals surface area (Å²) in [4.78, 5) is 16.6. The number of aliphatic hydroxyl groups excluding tert-OH is 1. The maximum Gasteiger partial charge on any atom is 0.232 e. The molecule has 1 heterocycles. The molecule has 23 heavy (non-hydrogen) atoms. The number of benzene rings is 1. The molecular formula is C18H28N2O2S. The molecule has 0 saturated carbocycles. The van der Waals surface area contributed by atoms with E-state index >= 15 is 0 Å². The number of carbonyl (C=O) groups excluding carboxylic acids is 1. The fraction of sp³-hybridized carbons (Fsp3) is 0.611. The fourth-order valence-corrected chi connectivity index (χ4v) is 3.70. The lowest BCUT2D eigenvalue weighted by Crippen LogP contribution is -2.48. The molecule has 0 spiro atoms. The molecule has 1 aliphatic rings. The number of nitrogens with zero attached hydrogens (tertiary/aromatic N) is 2. The lowest BCUT2D eigenvalue weighted by molar-refractivity contribution is -0.130. The van der Waals surface area contributed by atoms with Crippen LogP contribution in [-0.4, -0.2) is 65.1 Å². The van der Waals surface area contributed by atoms with Crippen LogP contribution in [-0.2, 0) is 11.3 Å². The van der Waals surface area contributed by atoms with E-state index in [1.165, 1.54) is 11.1 Å². The second-order valence-corrected chi connectivity index (χ2v) is 7.48. The third kappa shape index (κ3) is 6.16. The number of aliphatic hydroxyl groups is 1. The molecule has 1 N–H and O–H groups in total. The summed E-state index contributed by atoms with van der Waals surface area (Å²) in [5.41, 5.74) is 2.64. The number of hydrogen-bond acceptors (Lipinski definition) is 4. The second kappa shape index (κ2) is 9.30. The molecule has 0 aliphatic carbocycles. The zero-order chi connectivity index (χ0) is 16.7. The first-order chi connectivity index (χ1) is 11.1. The van der Waals surface area contributed by atoms with E-state index in [1.807, 2.05) is 11.8 Å². The first-order valence-corrected chi connectivity index (χ1v) is 9.48. The summed E-state index contributed by atoms with van der Waals surface area (Å²) >= 11 is 1.63. The molecule has 1 aromatic rings. The highest BCUT2D eigenvalue weighted by Crippen LogP contribution is 2.13. The van der Waals surface area contributed by atoms with Crippen LogP contribution in [0.25, 0.3) is 0 Å². The molecular weight excluding hydrogens is 308 g/mol. The maximum atomic E-state index is 12.2. The summed E-state index contributed by atoms with van der Waals surface area (Å²) < 4.78 is 0. The van der Waals surface area contributed by atoms with Crippen molar-refractivity contribution in [2.45, 2.75) is 20.4 Å². The van der Waals surface area contributed by atoms with Crippen LogP contribution in [0.5, 0.6) is 0 Å². The average molecular weight is 337 g/mol. The monoisotopic (exact) mass is 336 g/mol. The number of rotatable bonds is 7. The Hall–Kier alpha value is -1.04. The van der Waals surface area contributed by atoms with Crippen LogP contribution in [0.4, 0.5) is 0 Å². The molecule has 0 aromatic heterocycles. The third-order valence-electron chi connectivity index (χ3n) is 4.15. The number of carbonyl (C=O) groups is 1. The quantitative estimate of drug-likeness (QED) is 0.827. The smallest absolute Gasteiger partial charge is 0.232 e. The van der Waals surface area contributed by atoms with Crippen molar-refractivity contribution >= 4 is 17.7 Å². The predicted octanol–water partition coefficient (Wildman–Crippen LogP) is 2.00. The van der Waals surface area contributed by atoms with E-state index in [0.29, 0.717) is 5.75 Å². The van der Waals surface area contributed by atoms with Crippen LogP contribution < -0.4 is 0 Å². The second-order valence-electron chi connectivity index (χ2n) is 6.45. The zero-order valence-corrected chi connectivity index (χ0v) is 15.0. The number of thioether (sulfide) groups is 1. The van der Waals surface area contributed by atoms with Gasteiger partial charge in [0, 0.05) is 39.3 Å². The summed E-state index contributed by atoms with van der Waals surface area (Å²) in [6, 6.07) is 8.63. The Morgan fingerprint density at radius 2 is 2.04 bits per heavy atom. The van der Waals surface area contributed by atoms with Crippen molar-refractivity contribution < 1.29 is 9.90 Å². The van der Waals surface area contributed by atoms with Crippen molar-refractivity contribution in [3.63, 3.8) is 0 Å². The van der Waals surface area contributed by atoms with Gasteiger partial charge in [-0.1, -0.05) is 36.8 Å². The lowest BCUT2D eigenvalue weighted by Gasteiger charge is -2.34. The molecule has 1 amide bonds. The van der Waals surface area contributed by atoms with Crippen molar-refractivity contribution in [1.29, 1.82) is 0 Å². The molecule has 0 radical (unpaired) electrons. The summed E-state index contributed by atoms with van der Waals surface area (Å²) in [6.45, 7) is 8.80.